The largest absolute Gasteiger partial charge is 0.461 e. The number of hydrogen-bond donors (Lipinski definition) is 2. The van der Waals surface area contributed by atoms with Crippen LogP contribution in [0.25, 0.3) is 0 Å². The van der Waals surface area contributed by atoms with Crippen molar-refractivity contribution in [3.63, 3.8) is 0 Å². The number of aryl methyl sites for hydroxylation is 1. The van der Waals surface area contributed by atoms with Crippen molar-refractivity contribution in [1.29, 1.82) is 0 Å². The van der Waals surface area contributed by atoms with Crippen LogP contribution in [0.5, 0.6) is 0 Å². The van der Waals surface area contributed by atoms with Crippen LogP contribution in [0.15, 0.2) is 28.9 Å². The van der Waals surface area contributed by atoms with Crippen molar-refractivity contribution in [1.82, 2.24) is 4.98 Å². The number of ether oxygens (including phenoxy) is 1. The van der Waals surface area contributed by atoms with Crippen molar-refractivity contribution in [2.75, 3.05) is 23.8 Å². The van der Waals surface area contributed by atoms with Crippen LogP contribution in [0.3, 0.4) is 0 Å². The van der Waals surface area contributed by atoms with Gasteiger partial charge in [0.2, 0.25) is 0 Å². The zero-order valence-corrected chi connectivity index (χ0v) is 11.8. The maximum Gasteiger partial charge on any atom is 0.360 e. The molecule has 0 aliphatic carbocycles. The van der Waals surface area contributed by atoms with Crippen molar-refractivity contribution in [2.45, 2.75) is 19.8 Å². The first-order valence-corrected chi connectivity index (χ1v) is 7.02. The summed E-state index contributed by atoms with van der Waals surface area (Å²) in [5, 5.41) is 6.42. The molecule has 0 amide bonds. The molecule has 0 saturated heterocycles. The highest BCUT2D eigenvalue weighted by atomic mass is 16.5. The number of esters is 1. The predicted molar refractivity (Wildman–Crippen MR) is 79.0 cm³/mol. The average Bonchev–Trinajstić information content (AvgIpc) is 2.96. The summed E-state index contributed by atoms with van der Waals surface area (Å²) in [5.74, 6) is -0.482. The number of rotatable bonds is 4. The second-order valence-electron chi connectivity index (χ2n) is 4.79. The highest BCUT2D eigenvalue weighted by Crippen LogP contribution is 2.26. The molecule has 110 valence electrons. The lowest BCUT2D eigenvalue weighted by Gasteiger charge is -2.18. The second kappa shape index (κ2) is 5.87. The normalized spacial score (nSPS) is 13.2. The monoisotopic (exact) mass is 287 g/mol. The lowest BCUT2D eigenvalue weighted by Crippen LogP contribution is -2.11. The third-order valence-electron chi connectivity index (χ3n) is 3.28. The quantitative estimate of drug-likeness (QED) is 0.842. The van der Waals surface area contributed by atoms with E-state index in [2.05, 4.69) is 21.7 Å². The molecule has 3 rings (SSSR count). The van der Waals surface area contributed by atoms with Gasteiger partial charge in [-0.2, -0.15) is 4.98 Å². The van der Waals surface area contributed by atoms with Gasteiger partial charge >= 0.3 is 5.97 Å². The number of nitrogens with zero attached hydrogens (tertiary/aromatic N) is 1. The van der Waals surface area contributed by atoms with Crippen LogP contribution in [0.2, 0.25) is 0 Å². The molecule has 6 nitrogen and oxygen atoms in total. The number of carbonyl (C=O) groups excluding carboxylic acids is 1. The van der Waals surface area contributed by atoms with E-state index in [4.69, 9.17) is 9.15 Å². The first-order chi connectivity index (χ1) is 10.3. The Balaban J connectivity index is 1.73. The molecule has 0 radical (unpaired) electrons. The van der Waals surface area contributed by atoms with E-state index in [1.165, 1.54) is 17.5 Å². The van der Waals surface area contributed by atoms with Crippen LogP contribution in [-0.4, -0.2) is 24.1 Å². The minimum absolute atomic E-state index is 0.166. The zero-order valence-electron chi connectivity index (χ0n) is 11.8. The van der Waals surface area contributed by atoms with E-state index in [-0.39, 0.29) is 11.7 Å². The van der Waals surface area contributed by atoms with E-state index in [9.17, 15) is 4.79 Å². The summed E-state index contributed by atoms with van der Waals surface area (Å²) in [6, 6.07) is 6.33. The Hall–Kier alpha value is -2.50. The maximum absolute atomic E-state index is 11.5. The number of aromatic nitrogens is 1. The van der Waals surface area contributed by atoms with Crippen molar-refractivity contribution in [2.24, 2.45) is 0 Å². The summed E-state index contributed by atoms with van der Waals surface area (Å²) in [6.45, 7) is 3.08. The van der Waals surface area contributed by atoms with Crippen molar-refractivity contribution in [3.05, 3.63) is 35.7 Å². The smallest absolute Gasteiger partial charge is 0.360 e. The van der Waals surface area contributed by atoms with Crippen molar-refractivity contribution < 1.29 is 13.9 Å². The number of benzene rings is 1. The van der Waals surface area contributed by atoms with Gasteiger partial charge in [-0.15, -0.1) is 0 Å². The van der Waals surface area contributed by atoms with Gasteiger partial charge in [0.1, 0.15) is 6.26 Å². The van der Waals surface area contributed by atoms with E-state index in [0.717, 1.165) is 25.1 Å². The van der Waals surface area contributed by atoms with E-state index < -0.39 is 5.97 Å². The Morgan fingerprint density at radius 2 is 2.43 bits per heavy atom. The molecule has 0 fully saturated rings. The van der Waals surface area contributed by atoms with Gasteiger partial charge in [0.05, 0.1) is 6.61 Å². The summed E-state index contributed by atoms with van der Waals surface area (Å²) in [6.07, 6.45) is 3.47. The molecule has 0 unspecified atom stereocenters. The van der Waals surface area contributed by atoms with Gasteiger partial charge in [-0.05, 0) is 43.5 Å². The number of fused-ring (bicyclic) bond motifs is 1. The number of oxazole rings is 1. The number of anilines is 3. The summed E-state index contributed by atoms with van der Waals surface area (Å²) in [5.41, 5.74) is 3.49. The van der Waals surface area contributed by atoms with Gasteiger partial charge in [-0.1, -0.05) is 0 Å². The fraction of sp³-hybridized carbons (Fsp3) is 0.333. The molecule has 0 atom stereocenters. The number of nitrogens with one attached hydrogen (secondary N) is 2. The van der Waals surface area contributed by atoms with Crippen LogP contribution in [0.4, 0.5) is 17.4 Å². The van der Waals surface area contributed by atoms with Crippen LogP contribution < -0.4 is 10.6 Å². The average molecular weight is 287 g/mol. The van der Waals surface area contributed by atoms with Gasteiger partial charge in [-0.3, -0.25) is 0 Å². The molecule has 6 heteroatoms. The Labute approximate surface area is 122 Å². The molecule has 1 aromatic heterocycles. The molecule has 0 bridgehead atoms. The zero-order chi connectivity index (χ0) is 14.7. The molecular weight excluding hydrogens is 270 g/mol. The third-order valence-corrected chi connectivity index (χ3v) is 3.28. The van der Waals surface area contributed by atoms with Crippen LogP contribution in [0.1, 0.15) is 29.4 Å². The van der Waals surface area contributed by atoms with Gasteiger partial charge in [0.15, 0.2) is 5.69 Å². The van der Waals surface area contributed by atoms with Gasteiger partial charge < -0.3 is 19.8 Å². The minimum atomic E-state index is -0.482. The number of carbonyl (C=O) groups is 1. The van der Waals surface area contributed by atoms with Crippen LogP contribution in [0, 0.1) is 0 Å². The summed E-state index contributed by atoms with van der Waals surface area (Å²) in [7, 11) is 0. The van der Waals surface area contributed by atoms with E-state index >= 15 is 0 Å². The van der Waals surface area contributed by atoms with Gasteiger partial charge in [0, 0.05) is 17.9 Å². The fourth-order valence-electron chi connectivity index (χ4n) is 2.31. The first kappa shape index (κ1) is 13.5. The van der Waals surface area contributed by atoms with Crippen LogP contribution in [-0.2, 0) is 11.2 Å². The second-order valence-corrected chi connectivity index (χ2v) is 4.79. The van der Waals surface area contributed by atoms with E-state index in [1.54, 1.807) is 6.92 Å². The predicted octanol–water partition coefficient (Wildman–Crippen LogP) is 2.95. The van der Waals surface area contributed by atoms with Crippen LogP contribution >= 0.6 is 0 Å². The highest BCUT2D eigenvalue weighted by Gasteiger charge is 2.14. The Bertz CT molecular complexity index is 651. The molecule has 1 aliphatic heterocycles. The molecule has 2 N–H and O–H groups in total. The van der Waals surface area contributed by atoms with Gasteiger partial charge in [-0.25, -0.2) is 4.79 Å². The lowest BCUT2D eigenvalue weighted by molar-refractivity contribution is 0.0519. The van der Waals surface area contributed by atoms with Crippen molar-refractivity contribution in [3.8, 4) is 0 Å². The lowest BCUT2D eigenvalue weighted by atomic mass is 10.0. The molecule has 0 spiro atoms. The standard InChI is InChI=1S/C15H17N3O3/c1-2-20-14(19)13-9-21-15(18-13)17-11-5-6-12-10(8-11)4-3-7-16-12/h5-6,8-9,16H,2-4,7H2,1H3,(H,17,18). The molecule has 1 aromatic carbocycles. The maximum atomic E-state index is 11.5. The molecular formula is C15H17N3O3. The highest BCUT2D eigenvalue weighted by molar-refractivity contribution is 5.87. The minimum Gasteiger partial charge on any atom is -0.461 e. The number of hydrogen-bond acceptors (Lipinski definition) is 6. The Kier molecular flexibility index (Phi) is 3.77. The molecule has 2 heterocycles. The summed E-state index contributed by atoms with van der Waals surface area (Å²) < 4.78 is 10.1. The Morgan fingerprint density at radius 3 is 3.29 bits per heavy atom. The molecule has 0 saturated carbocycles. The summed E-state index contributed by atoms with van der Waals surface area (Å²) in [4.78, 5) is 15.6. The van der Waals surface area contributed by atoms with E-state index in [0.29, 0.717) is 6.61 Å². The summed E-state index contributed by atoms with van der Waals surface area (Å²) >= 11 is 0. The van der Waals surface area contributed by atoms with Gasteiger partial charge in [0.25, 0.3) is 6.01 Å². The topological polar surface area (TPSA) is 76.4 Å². The molecule has 2 aromatic rings. The molecule has 1 aliphatic rings. The SMILES string of the molecule is CCOC(=O)c1coc(Nc2ccc3c(c2)CCCN3)n1. The first-order valence-electron chi connectivity index (χ1n) is 7.02. The third kappa shape index (κ3) is 2.99. The fourth-order valence-corrected chi connectivity index (χ4v) is 2.31. The van der Waals surface area contributed by atoms with Crippen molar-refractivity contribution >= 4 is 23.4 Å². The Morgan fingerprint density at radius 1 is 1.52 bits per heavy atom. The molecule has 21 heavy (non-hydrogen) atoms. The van der Waals surface area contributed by atoms with E-state index in [1.807, 2.05) is 12.1 Å².